The van der Waals surface area contributed by atoms with Gasteiger partial charge in [0.1, 0.15) is 5.82 Å². The van der Waals surface area contributed by atoms with Crippen LogP contribution in [0.4, 0.5) is 10.1 Å². The smallest absolute Gasteiger partial charge is 0.191 e. The predicted octanol–water partition coefficient (Wildman–Crippen LogP) is 2.53. The highest BCUT2D eigenvalue weighted by Gasteiger charge is 2.14. The van der Waals surface area contributed by atoms with Gasteiger partial charge in [0, 0.05) is 40.4 Å². The monoisotopic (exact) mass is 380 g/mol. The van der Waals surface area contributed by atoms with Crippen molar-refractivity contribution in [3.63, 3.8) is 0 Å². The van der Waals surface area contributed by atoms with Crippen LogP contribution in [-0.4, -0.2) is 59.1 Å². The average Bonchev–Trinajstić information content (AvgIpc) is 3.15. The molecule has 2 rings (SSSR count). The lowest BCUT2D eigenvalue weighted by atomic mass is 10.2. The summed E-state index contributed by atoms with van der Waals surface area (Å²) in [5.74, 6) is 0.503. The SMILES string of the molecule is CCNC(=NCc1ccc(N(C)C)c(F)c1)NCCCOCC1CCCO1. The number of hydrogen-bond acceptors (Lipinski definition) is 4. The zero-order valence-corrected chi connectivity index (χ0v) is 16.8. The number of nitrogens with one attached hydrogen (secondary N) is 2. The Bertz CT molecular complexity index is 589. The Balaban J connectivity index is 1.72. The van der Waals surface area contributed by atoms with E-state index in [0.717, 1.165) is 50.5 Å². The second-order valence-electron chi connectivity index (χ2n) is 6.87. The van der Waals surface area contributed by atoms with E-state index in [0.29, 0.717) is 25.4 Å². The van der Waals surface area contributed by atoms with Gasteiger partial charge in [0.25, 0.3) is 0 Å². The van der Waals surface area contributed by atoms with Crippen LogP contribution in [0.3, 0.4) is 0 Å². The molecule has 0 bridgehead atoms. The number of nitrogens with zero attached hydrogens (tertiary/aromatic N) is 2. The molecule has 1 aliphatic rings. The molecule has 1 aromatic rings. The first kappa shape index (κ1) is 21.4. The Morgan fingerprint density at radius 3 is 2.89 bits per heavy atom. The Morgan fingerprint density at radius 1 is 1.37 bits per heavy atom. The molecular weight excluding hydrogens is 347 g/mol. The second-order valence-corrected chi connectivity index (χ2v) is 6.87. The summed E-state index contributed by atoms with van der Waals surface area (Å²) in [6.45, 7) is 6.23. The first-order valence-electron chi connectivity index (χ1n) is 9.77. The van der Waals surface area contributed by atoms with Gasteiger partial charge in [0.15, 0.2) is 5.96 Å². The molecule has 27 heavy (non-hydrogen) atoms. The molecule has 7 heteroatoms. The maximum Gasteiger partial charge on any atom is 0.191 e. The van der Waals surface area contributed by atoms with E-state index < -0.39 is 0 Å². The van der Waals surface area contributed by atoms with E-state index in [1.54, 1.807) is 17.0 Å². The van der Waals surface area contributed by atoms with Gasteiger partial charge in [0.05, 0.1) is 24.9 Å². The summed E-state index contributed by atoms with van der Waals surface area (Å²) in [4.78, 5) is 6.29. The summed E-state index contributed by atoms with van der Waals surface area (Å²) in [6, 6.07) is 5.23. The molecule has 1 atom stereocenters. The lowest BCUT2D eigenvalue weighted by molar-refractivity contribution is 0.0168. The molecule has 1 saturated heterocycles. The van der Waals surface area contributed by atoms with Gasteiger partial charge in [-0.2, -0.15) is 0 Å². The zero-order chi connectivity index (χ0) is 19.5. The van der Waals surface area contributed by atoms with Crippen molar-refractivity contribution in [1.82, 2.24) is 10.6 Å². The van der Waals surface area contributed by atoms with Gasteiger partial charge in [-0.15, -0.1) is 0 Å². The molecule has 1 fully saturated rings. The van der Waals surface area contributed by atoms with Gasteiger partial charge in [-0.1, -0.05) is 6.07 Å². The van der Waals surface area contributed by atoms with E-state index in [1.807, 2.05) is 27.1 Å². The quantitative estimate of drug-likeness (QED) is 0.371. The Labute approximate surface area is 162 Å². The van der Waals surface area contributed by atoms with E-state index in [9.17, 15) is 4.39 Å². The van der Waals surface area contributed by atoms with Gasteiger partial charge in [-0.05, 0) is 43.9 Å². The minimum atomic E-state index is -0.228. The van der Waals surface area contributed by atoms with Gasteiger partial charge in [0.2, 0.25) is 0 Å². The van der Waals surface area contributed by atoms with Crippen LogP contribution in [0.2, 0.25) is 0 Å². The number of rotatable bonds is 10. The largest absolute Gasteiger partial charge is 0.379 e. The molecule has 1 aliphatic heterocycles. The van der Waals surface area contributed by atoms with Crippen molar-refractivity contribution >= 4 is 11.6 Å². The molecule has 2 N–H and O–H groups in total. The molecule has 0 aliphatic carbocycles. The van der Waals surface area contributed by atoms with E-state index in [1.165, 1.54) is 0 Å². The average molecular weight is 381 g/mol. The van der Waals surface area contributed by atoms with Gasteiger partial charge in [-0.25, -0.2) is 9.38 Å². The molecule has 0 spiro atoms. The molecule has 0 aromatic heterocycles. The van der Waals surface area contributed by atoms with Crippen molar-refractivity contribution in [3.8, 4) is 0 Å². The zero-order valence-electron chi connectivity index (χ0n) is 16.8. The molecule has 6 nitrogen and oxygen atoms in total. The van der Waals surface area contributed by atoms with Crippen molar-refractivity contribution in [2.45, 2.75) is 38.8 Å². The molecule has 1 heterocycles. The van der Waals surface area contributed by atoms with Crippen LogP contribution < -0.4 is 15.5 Å². The highest BCUT2D eigenvalue weighted by Crippen LogP contribution is 2.18. The van der Waals surface area contributed by atoms with E-state index in [2.05, 4.69) is 15.6 Å². The van der Waals surface area contributed by atoms with Crippen LogP contribution in [0.25, 0.3) is 0 Å². The lowest BCUT2D eigenvalue weighted by Gasteiger charge is -2.14. The van der Waals surface area contributed by atoms with E-state index >= 15 is 0 Å². The number of aliphatic imine (C=N–C) groups is 1. The normalized spacial score (nSPS) is 17.2. The molecule has 1 aromatic carbocycles. The fourth-order valence-corrected chi connectivity index (χ4v) is 2.90. The molecule has 0 saturated carbocycles. The highest BCUT2D eigenvalue weighted by atomic mass is 19.1. The summed E-state index contributed by atoms with van der Waals surface area (Å²) in [7, 11) is 3.65. The minimum absolute atomic E-state index is 0.228. The van der Waals surface area contributed by atoms with E-state index in [4.69, 9.17) is 9.47 Å². The first-order valence-corrected chi connectivity index (χ1v) is 9.77. The third-order valence-electron chi connectivity index (χ3n) is 4.34. The van der Waals surface area contributed by atoms with Crippen molar-refractivity contribution in [3.05, 3.63) is 29.6 Å². The van der Waals surface area contributed by atoms with Gasteiger partial charge < -0.3 is 25.0 Å². The first-order chi connectivity index (χ1) is 13.1. The highest BCUT2D eigenvalue weighted by molar-refractivity contribution is 5.79. The van der Waals surface area contributed by atoms with Crippen molar-refractivity contribution < 1.29 is 13.9 Å². The van der Waals surface area contributed by atoms with Crippen LogP contribution >= 0.6 is 0 Å². The van der Waals surface area contributed by atoms with Crippen LogP contribution in [-0.2, 0) is 16.0 Å². The Hall–Kier alpha value is -1.86. The van der Waals surface area contributed by atoms with Crippen molar-refractivity contribution in [2.75, 3.05) is 51.9 Å². The molecule has 0 amide bonds. The Kier molecular flexibility index (Phi) is 9.35. The molecule has 0 radical (unpaired) electrons. The molecule has 1 unspecified atom stereocenters. The number of hydrogen-bond donors (Lipinski definition) is 2. The number of benzene rings is 1. The number of guanidine groups is 1. The van der Waals surface area contributed by atoms with Crippen LogP contribution in [0.5, 0.6) is 0 Å². The fraction of sp³-hybridized carbons (Fsp3) is 0.650. The maximum atomic E-state index is 14.1. The third kappa shape index (κ3) is 7.72. The van der Waals surface area contributed by atoms with Crippen LogP contribution in [0.15, 0.2) is 23.2 Å². The van der Waals surface area contributed by atoms with Crippen molar-refractivity contribution in [2.24, 2.45) is 4.99 Å². The van der Waals surface area contributed by atoms with E-state index in [-0.39, 0.29) is 11.9 Å². The second kappa shape index (κ2) is 11.8. The minimum Gasteiger partial charge on any atom is -0.379 e. The van der Waals surface area contributed by atoms with Crippen LogP contribution in [0, 0.1) is 5.82 Å². The topological polar surface area (TPSA) is 58.1 Å². The number of halogens is 1. The van der Waals surface area contributed by atoms with Gasteiger partial charge >= 0.3 is 0 Å². The summed E-state index contributed by atoms with van der Waals surface area (Å²) in [5.41, 5.74) is 1.42. The molecule has 152 valence electrons. The number of ether oxygens (including phenoxy) is 2. The summed E-state index contributed by atoms with van der Waals surface area (Å²) in [5, 5.41) is 6.50. The predicted molar refractivity (Wildman–Crippen MR) is 108 cm³/mol. The maximum absolute atomic E-state index is 14.1. The summed E-state index contributed by atoms with van der Waals surface area (Å²) < 4.78 is 25.3. The number of anilines is 1. The third-order valence-corrected chi connectivity index (χ3v) is 4.34. The Morgan fingerprint density at radius 2 is 2.22 bits per heavy atom. The van der Waals surface area contributed by atoms with Gasteiger partial charge in [-0.3, -0.25) is 0 Å². The summed E-state index contributed by atoms with van der Waals surface area (Å²) in [6.07, 6.45) is 3.41. The van der Waals surface area contributed by atoms with Crippen molar-refractivity contribution in [1.29, 1.82) is 0 Å². The lowest BCUT2D eigenvalue weighted by Crippen LogP contribution is -2.38. The fourth-order valence-electron chi connectivity index (χ4n) is 2.90. The molecular formula is C20H33FN4O2. The van der Waals surface area contributed by atoms with Crippen LogP contribution in [0.1, 0.15) is 31.7 Å². The summed E-state index contributed by atoms with van der Waals surface area (Å²) >= 11 is 0. The standard InChI is InChI=1S/C20H33FN4O2/c1-4-22-20(23-10-6-11-26-15-17-7-5-12-27-17)24-14-16-8-9-19(25(2)3)18(21)13-16/h8-9,13,17H,4-7,10-12,14-15H2,1-3H3,(H2,22,23,24).